The van der Waals surface area contributed by atoms with E-state index in [4.69, 9.17) is 5.73 Å². The Kier molecular flexibility index (Phi) is 9.67. The molecule has 0 radical (unpaired) electrons. The Morgan fingerprint density at radius 2 is 1.36 bits per heavy atom. The molecule has 0 aromatic heterocycles. The van der Waals surface area contributed by atoms with Crippen molar-refractivity contribution in [1.82, 2.24) is 0 Å². The monoisotopic (exact) mass is 509 g/mol. The number of rotatable bonds is 6. The van der Waals surface area contributed by atoms with E-state index in [0.29, 0.717) is 5.92 Å². The summed E-state index contributed by atoms with van der Waals surface area (Å²) in [7, 11) is 0. The van der Waals surface area contributed by atoms with Crippen molar-refractivity contribution in [2.45, 2.75) is 50.2 Å². The summed E-state index contributed by atoms with van der Waals surface area (Å²) >= 11 is 3.41. The minimum absolute atomic E-state index is 0.301. The second-order valence-corrected chi connectivity index (χ2v) is 9.48. The smallest absolute Gasteiger partial charge is 0.311 e. The van der Waals surface area contributed by atoms with Crippen LogP contribution < -0.4 is 5.73 Å². The maximum atomic E-state index is 11.5. The number of carbonyl (C=O) groups is 1. The lowest BCUT2D eigenvalue weighted by Gasteiger charge is -2.27. The molecule has 0 unspecified atom stereocenters. The van der Waals surface area contributed by atoms with Gasteiger partial charge in [0.2, 0.25) is 0 Å². The van der Waals surface area contributed by atoms with Crippen LogP contribution in [0.5, 0.6) is 0 Å². The third-order valence-corrected chi connectivity index (χ3v) is 6.75. The fraction of sp³-hybridized carbons (Fsp3) is 0.321. The van der Waals surface area contributed by atoms with Gasteiger partial charge in [0.1, 0.15) is 0 Å². The van der Waals surface area contributed by atoms with Gasteiger partial charge in [0.15, 0.2) is 0 Å². The zero-order valence-corrected chi connectivity index (χ0v) is 20.3. The minimum Gasteiger partial charge on any atom is -0.481 e. The Hall–Kier alpha value is -2.47. The van der Waals surface area contributed by atoms with Crippen molar-refractivity contribution in [3.05, 3.63) is 106 Å². The van der Waals surface area contributed by atoms with Gasteiger partial charge in [-0.05, 0) is 47.6 Å². The van der Waals surface area contributed by atoms with E-state index in [1.807, 2.05) is 84.9 Å². The van der Waals surface area contributed by atoms with E-state index in [0.717, 1.165) is 34.0 Å². The predicted molar refractivity (Wildman–Crippen MR) is 136 cm³/mol. The third kappa shape index (κ3) is 7.26. The number of carboxylic acid groups (broad SMARTS) is 1. The largest absolute Gasteiger partial charge is 0.481 e. The molecule has 0 amide bonds. The molecule has 33 heavy (non-hydrogen) atoms. The second kappa shape index (κ2) is 12.7. The predicted octanol–water partition coefficient (Wildman–Crippen LogP) is 6.62. The maximum Gasteiger partial charge on any atom is 0.311 e. The third-order valence-electron chi connectivity index (χ3n) is 6.26. The molecule has 3 atom stereocenters. The summed E-state index contributed by atoms with van der Waals surface area (Å²) in [6, 6.07) is 26.5. The average Bonchev–Trinajstić information content (AvgIpc) is 2.85. The van der Waals surface area contributed by atoms with Crippen LogP contribution in [0.4, 0.5) is 0 Å². The van der Waals surface area contributed by atoms with Gasteiger partial charge in [-0.3, -0.25) is 4.79 Å². The fourth-order valence-corrected chi connectivity index (χ4v) is 4.92. The van der Waals surface area contributed by atoms with Gasteiger partial charge < -0.3 is 15.9 Å². The van der Waals surface area contributed by atoms with Crippen molar-refractivity contribution < 1.29 is 15.0 Å². The first-order valence-electron chi connectivity index (χ1n) is 11.5. The van der Waals surface area contributed by atoms with Gasteiger partial charge in [-0.15, -0.1) is 0 Å². The van der Waals surface area contributed by atoms with Gasteiger partial charge >= 0.3 is 5.97 Å². The lowest BCUT2D eigenvalue weighted by atomic mass is 9.77. The van der Waals surface area contributed by atoms with Crippen LogP contribution in [0.15, 0.2) is 89.4 Å². The van der Waals surface area contributed by atoms with E-state index in [1.54, 1.807) is 0 Å². The summed E-state index contributed by atoms with van der Waals surface area (Å²) in [5, 5.41) is 19.6. The Morgan fingerprint density at radius 3 is 1.91 bits per heavy atom. The van der Waals surface area contributed by atoms with E-state index in [9.17, 15) is 15.0 Å². The van der Waals surface area contributed by atoms with Gasteiger partial charge in [-0.25, -0.2) is 0 Å². The molecule has 1 aliphatic rings. The molecule has 0 saturated heterocycles. The molecule has 4 rings (SSSR count). The van der Waals surface area contributed by atoms with Crippen molar-refractivity contribution in [2.24, 2.45) is 11.7 Å². The Morgan fingerprint density at radius 1 is 0.818 bits per heavy atom. The van der Waals surface area contributed by atoms with Gasteiger partial charge in [-0.2, -0.15) is 0 Å². The summed E-state index contributed by atoms with van der Waals surface area (Å²) < 4.78 is 0.956. The highest BCUT2D eigenvalue weighted by Crippen LogP contribution is 2.37. The van der Waals surface area contributed by atoms with Crippen LogP contribution in [-0.4, -0.2) is 16.2 Å². The number of nitrogens with two attached hydrogens (primary N) is 1. The fourth-order valence-electron chi connectivity index (χ4n) is 4.50. The van der Waals surface area contributed by atoms with Crippen molar-refractivity contribution in [1.29, 1.82) is 0 Å². The Balaban J connectivity index is 0.000000186. The first-order valence-corrected chi connectivity index (χ1v) is 12.3. The number of aliphatic hydroxyl groups is 1. The van der Waals surface area contributed by atoms with Crippen LogP contribution >= 0.6 is 15.9 Å². The average molecular weight is 510 g/mol. The number of aliphatic hydroxyl groups excluding tert-OH is 1. The molecule has 5 heteroatoms. The molecule has 1 saturated carbocycles. The molecule has 4 N–H and O–H groups in total. The van der Waals surface area contributed by atoms with Gasteiger partial charge in [-0.1, -0.05) is 108 Å². The van der Waals surface area contributed by atoms with Crippen LogP contribution in [0.1, 0.15) is 66.9 Å². The highest BCUT2D eigenvalue weighted by atomic mass is 79.9. The zero-order chi connectivity index (χ0) is 23.6. The van der Waals surface area contributed by atoms with Gasteiger partial charge in [0, 0.05) is 4.47 Å². The Bertz CT molecular complexity index is 947. The van der Waals surface area contributed by atoms with E-state index in [2.05, 4.69) is 15.9 Å². The van der Waals surface area contributed by atoms with Crippen molar-refractivity contribution in [3.8, 4) is 0 Å². The lowest BCUT2D eigenvalue weighted by molar-refractivity contribution is -0.140. The summed E-state index contributed by atoms with van der Waals surface area (Å²) in [4.78, 5) is 11.5. The molecular formula is C28H32BrNO3. The van der Waals surface area contributed by atoms with Crippen LogP contribution in [-0.2, 0) is 4.79 Å². The lowest BCUT2D eigenvalue weighted by Crippen LogP contribution is -2.23. The molecule has 0 aliphatic heterocycles. The van der Waals surface area contributed by atoms with Gasteiger partial charge in [0.05, 0.1) is 18.1 Å². The minimum atomic E-state index is -0.685. The van der Waals surface area contributed by atoms with Gasteiger partial charge in [0.25, 0.3) is 0 Å². The molecule has 1 aliphatic carbocycles. The van der Waals surface area contributed by atoms with Crippen molar-refractivity contribution in [3.63, 3.8) is 0 Å². The Labute approximate surface area is 204 Å². The highest BCUT2D eigenvalue weighted by molar-refractivity contribution is 9.10. The SMILES string of the molecule is N[C@@H](c1ccccc1)[C@H](O)c1ccccc1.O=C(O)[C@@H](c1cccc(Br)c1)C1CCCCC1. The van der Waals surface area contributed by atoms with Crippen LogP contribution in [0.25, 0.3) is 0 Å². The van der Waals surface area contributed by atoms with Crippen LogP contribution in [0, 0.1) is 5.92 Å². The van der Waals surface area contributed by atoms with E-state index >= 15 is 0 Å². The molecule has 0 heterocycles. The molecule has 174 valence electrons. The van der Waals surface area contributed by atoms with Crippen LogP contribution in [0.2, 0.25) is 0 Å². The quantitative estimate of drug-likeness (QED) is 0.348. The van der Waals surface area contributed by atoms with Crippen molar-refractivity contribution in [2.75, 3.05) is 0 Å². The standard InChI is InChI=1S/C14H17BrO2.C14H15NO/c15-12-8-4-7-11(9-12)13(14(16)17)10-5-2-1-3-6-10;15-13(11-7-3-1-4-8-11)14(16)12-9-5-2-6-10-12/h4,7-10,13H,1-3,5-6H2,(H,16,17);1-10,13-14,16H,15H2/t13-;13-,14+/m10/s1. The molecule has 3 aromatic rings. The molecular weight excluding hydrogens is 478 g/mol. The van der Waals surface area contributed by atoms with E-state index < -0.39 is 12.1 Å². The first-order chi connectivity index (χ1) is 16.0. The summed E-state index contributed by atoms with van der Waals surface area (Å²) in [6.07, 6.45) is 5.02. The number of aliphatic carboxylic acids is 1. The maximum absolute atomic E-state index is 11.5. The van der Waals surface area contributed by atoms with Crippen LogP contribution in [0.3, 0.4) is 0 Å². The molecule has 3 aromatic carbocycles. The number of benzene rings is 3. The summed E-state index contributed by atoms with van der Waals surface area (Å²) in [5.41, 5.74) is 8.74. The van der Waals surface area contributed by atoms with E-state index in [-0.39, 0.29) is 12.0 Å². The first kappa shape index (κ1) is 25.2. The summed E-state index contributed by atoms with van der Waals surface area (Å²) in [5.74, 6) is -0.724. The molecule has 1 fully saturated rings. The molecule has 0 spiro atoms. The zero-order valence-electron chi connectivity index (χ0n) is 18.7. The number of hydrogen-bond donors (Lipinski definition) is 3. The van der Waals surface area contributed by atoms with E-state index in [1.165, 1.54) is 19.3 Å². The topological polar surface area (TPSA) is 83.5 Å². The normalized spacial score (nSPS) is 16.7. The highest BCUT2D eigenvalue weighted by Gasteiger charge is 2.30. The summed E-state index contributed by atoms with van der Waals surface area (Å²) in [6.45, 7) is 0. The number of halogens is 1. The molecule has 4 nitrogen and oxygen atoms in total. The second-order valence-electron chi connectivity index (χ2n) is 8.56. The number of hydrogen-bond acceptors (Lipinski definition) is 3. The molecule has 0 bridgehead atoms. The number of carboxylic acids is 1. The van der Waals surface area contributed by atoms with Crippen molar-refractivity contribution >= 4 is 21.9 Å².